The maximum Gasteiger partial charge on any atom is 0.573 e. The van der Waals surface area contributed by atoms with Crippen LogP contribution in [-0.2, 0) is 0 Å². The Hall–Kier alpha value is -1.49. The van der Waals surface area contributed by atoms with Crippen molar-refractivity contribution < 1.29 is 17.9 Å². The van der Waals surface area contributed by atoms with Crippen molar-refractivity contribution in [3.8, 4) is 5.75 Å². The summed E-state index contributed by atoms with van der Waals surface area (Å²) in [4.78, 5) is 2.43. The van der Waals surface area contributed by atoms with Gasteiger partial charge in [-0.2, -0.15) is 0 Å². The van der Waals surface area contributed by atoms with Crippen LogP contribution in [0.1, 0.15) is 44.6 Å². The highest BCUT2D eigenvalue weighted by molar-refractivity contribution is 5.67. The van der Waals surface area contributed by atoms with E-state index >= 15 is 0 Å². The maximum atomic E-state index is 12.2. The summed E-state index contributed by atoms with van der Waals surface area (Å²) < 4.78 is 40.3. The quantitative estimate of drug-likeness (QED) is 0.634. The lowest BCUT2D eigenvalue weighted by Crippen LogP contribution is -2.29. The van der Waals surface area contributed by atoms with E-state index in [1.165, 1.54) is 43.4 Å². The van der Waals surface area contributed by atoms with Crippen LogP contribution in [0.15, 0.2) is 30.3 Å². The fourth-order valence-corrected chi connectivity index (χ4v) is 2.81. The third-order valence-corrected chi connectivity index (χ3v) is 4.08. The second kappa shape index (κ2) is 8.39. The second-order valence-corrected chi connectivity index (χ2v) is 5.91. The van der Waals surface area contributed by atoms with Gasteiger partial charge in [-0.25, -0.2) is 0 Å². The van der Waals surface area contributed by atoms with Crippen molar-refractivity contribution in [2.75, 3.05) is 19.6 Å². The summed E-state index contributed by atoms with van der Waals surface area (Å²) >= 11 is 0. The van der Waals surface area contributed by atoms with Gasteiger partial charge < -0.3 is 4.74 Å². The fourth-order valence-electron chi connectivity index (χ4n) is 2.81. The molecule has 1 aromatic rings. The Morgan fingerprint density at radius 3 is 2.39 bits per heavy atom. The molecule has 0 bridgehead atoms. The number of hydrogen-bond donors (Lipinski definition) is 0. The predicted octanol–water partition coefficient (Wildman–Crippen LogP) is 5.25. The van der Waals surface area contributed by atoms with E-state index in [0.717, 1.165) is 31.6 Å². The second-order valence-electron chi connectivity index (χ2n) is 5.91. The average Bonchev–Trinajstić information content (AvgIpc) is 2.52. The lowest BCUT2D eigenvalue weighted by atomic mass is 9.99. The molecule has 0 saturated heterocycles. The first-order valence-electron chi connectivity index (χ1n) is 8.25. The standard InChI is InChI=1S/C18H24F3NO/c1-2-3-4-5-12-22-13-10-16(11-14-22)15-6-8-17(9-7-15)23-18(19,20)21/h6-10H,2-5,11-14H2,1H3. The Balaban J connectivity index is 1.85. The SMILES string of the molecule is CCCCCCN1CC=C(c2ccc(OC(F)(F)F)cc2)CC1. The highest BCUT2D eigenvalue weighted by Crippen LogP contribution is 2.27. The molecule has 0 unspecified atom stereocenters. The van der Waals surface area contributed by atoms with Crippen molar-refractivity contribution in [3.63, 3.8) is 0 Å². The summed E-state index contributed by atoms with van der Waals surface area (Å²) in [7, 11) is 0. The normalized spacial score (nSPS) is 16.3. The third kappa shape index (κ3) is 6.26. The molecule has 1 aromatic carbocycles. The van der Waals surface area contributed by atoms with Crippen LogP contribution in [0.4, 0.5) is 13.2 Å². The summed E-state index contributed by atoms with van der Waals surface area (Å²) in [5.41, 5.74) is 2.18. The van der Waals surface area contributed by atoms with Crippen molar-refractivity contribution in [3.05, 3.63) is 35.9 Å². The van der Waals surface area contributed by atoms with Gasteiger partial charge in [0, 0.05) is 13.1 Å². The van der Waals surface area contributed by atoms with Crippen molar-refractivity contribution in [1.29, 1.82) is 0 Å². The number of unbranched alkanes of at least 4 members (excludes halogenated alkanes) is 3. The van der Waals surface area contributed by atoms with E-state index in [1.54, 1.807) is 12.1 Å². The summed E-state index contributed by atoms with van der Waals surface area (Å²) in [5, 5.41) is 0. The Kier molecular flexibility index (Phi) is 6.51. The van der Waals surface area contributed by atoms with Crippen molar-refractivity contribution in [1.82, 2.24) is 4.90 Å². The zero-order valence-electron chi connectivity index (χ0n) is 13.5. The third-order valence-electron chi connectivity index (χ3n) is 4.08. The van der Waals surface area contributed by atoms with Gasteiger partial charge in [-0.15, -0.1) is 13.2 Å². The van der Waals surface area contributed by atoms with Gasteiger partial charge in [-0.05, 0) is 42.7 Å². The van der Waals surface area contributed by atoms with Gasteiger partial charge in [-0.3, -0.25) is 4.90 Å². The molecule has 0 saturated carbocycles. The van der Waals surface area contributed by atoms with Gasteiger partial charge >= 0.3 is 6.36 Å². The monoisotopic (exact) mass is 327 g/mol. The molecule has 1 aliphatic rings. The minimum Gasteiger partial charge on any atom is -0.406 e. The first-order valence-corrected chi connectivity index (χ1v) is 8.25. The molecule has 0 atom stereocenters. The van der Waals surface area contributed by atoms with Crippen LogP contribution in [0, 0.1) is 0 Å². The van der Waals surface area contributed by atoms with Gasteiger partial charge in [-0.1, -0.05) is 44.4 Å². The Labute approximate surface area is 135 Å². The van der Waals surface area contributed by atoms with Crippen LogP contribution < -0.4 is 4.74 Å². The average molecular weight is 327 g/mol. The minimum absolute atomic E-state index is 0.171. The largest absolute Gasteiger partial charge is 0.573 e. The van der Waals surface area contributed by atoms with Crippen molar-refractivity contribution >= 4 is 5.57 Å². The molecule has 0 amide bonds. The first-order chi connectivity index (χ1) is 11.0. The molecule has 1 aliphatic heterocycles. The maximum absolute atomic E-state index is 12.2. The topological polar surface area (TPSA) is 12.5 Å². The number of halogens is 3. The molecule has 128 valence electrons. The molecular weight excluding hydrogens is 303 g/mol. The fraction of sp³-hybridized carbons (Fsp3) is 0.556. The van der Waals surface area contributed by atoms with Crippen LogP contribution in [0.5, 0.6) is 5.75 Å². The molecule has 2 rings (SSSR count). The summed E-state index contributed by atoms with van der Waals surface area (Å²) in [5.74, 6) is -0.171. The van der Waals surface area contributed by atoms with E-state index in [2.05, 4.69) is 22.6 Å². The van der Waals surface area contributed by atoms with Crippen LogP contribution >= 0.6 is 0 Å². The molecular formula is C18H24F3NO. The number of nitrogens with zero attached hydrogens (tertiary/aromatic N) is 1. The van der Waals surface area contributed by atoms with Crippen LogP contribution in [0.25, 0.3) is 5.57 Å². The van der Waals surface area contributed by atoms with Gasteiger partial charge in [0.15, 0.2) is 0 Å². The van der Waals surface area contributed by atoms with Crippen LogP contribution in [-0.4, -0.2) is 30.9 Å². The van der Waals surface area contributed by atoms with Gasteiger partial charge in [0.2, 0.25) is 0 Å². The van der Waals surface area contributed by atoms with Crippen molar-refractivity contribution in [2.45, 2.75) is 45.4 Å². The number of ether oxygens (including phenoxy) is 1. The van der Waals surface area contributed by atoms with E-state index in [1.807, 2.05) is 0 Å². The smallest absolute Gasteiger partial charge is 0.406 e. The molecule has 2 nitrogen and oxygen atoms in total. The first kappa shape index (κ1) is 17.9. The minimum atomic E-state index is -4.64. The van der Waals surface area contributed by atoms with E-state index in [0.29, 0.717) is 0 Å². The molecule has 23 heavy (non-hydrogen) atoms. The Morgan fingerprint density at radius 2 is 1.83 bits per heavy atom. The summed E-state index contributed by atoms with van der Waals surface area (Å²) in [6.45, 7) is 5.27. The molecule has 0 radical (unpaired) electrons. The number of benzene rings is 1. The number of rotatable bonds is 7. The highest BCUT2D eigenvalue weighted by Gasteiger charge is 2.31. The predicted molar refractivity (Wildman–Crippen MR) is 86.3 cm³/mol. The molecule has 0 aromatic heterocycles. The van der Waals surface area contributed by atoms with Crippen LogP contribution in [0.3, 0.4) is 0 Å². The molecule has 0 fully saturated rings. The summed E-state index contributed by atoms with van der Waals surface area (Å²) in [6.07, 6.45) is 3.55. The zero-order chi connectivity index (χ0) is 16.7. The molecule has 0 spiro atoms. The number of alkyl halides is 3. The Morgan fingerprint density at radius 1 is 1.09 bits per heavy atom. The van der Waals surface area contributed by atoms with Gasteiger partial charge in [0.1, 0.15) is 5.75 Å². The van der Waals surface area contributed by atoms with E-state index < -0.39 is 6.36 Å². The number of hydrogen-bond acceptors (Lipinski definition) is 2. The van der Waals surface area contributed by atoms with Crippen molar-refractivity contribution in [2.24, 2.45) is 0 Å². The van der Waals surface area contributed by atoms with E-state index in [9.17, 15) is 13.2 Å². The highest BCUT2D eigenvalue weighted by atomic mass is 19.4. The molecule has 0 N–H and O–H groups in total. The lowest BCUT2D eigenvalue weighted by molar-refractivity contribution is -0.274. The van der Waals surface area contributed by atoms with Gasteiger partial charge in [0.25, 0.3) is 0 Å². The Bertz CT molecular complexity index is 508. The van der Waals surface area contributed by atoms with E-state index in [-0.39, 0.29) is 5.75 Å². The lowest BCUT2D eigenvalue weighted by Gasteiger charge is -2.26. The van der Waals surface area contributed by atoms with Crippen LogP contribution in [0.2, 0.25) is 0 Å². The summed E-state index contributed by atoms with van der Waals surface area (Å²) in [6, 6.07) is 6.15. The van der Waals surface area contributed by atoms with Gasteiger partial charge in [0.05, 0.1) is 0 Å². The molecule has 1 heterocycles. The molecule has 0 aliphatic carbocycles. The molecule has 5 heteroatoms. The zero-order valence-corrected chi connectivity index (χ0v) is 13.5. The van der Waals surface area contributed by atoms with E-state index in [4.69, 9.17) is 0 Å².